The first-order valence-corrected chi connectivity index (χ1v) is 11.6. The number of carbonyl (C=O) groups excluding carboxylic acids is 1. The smallest absolute Gasteiger partial charge is 0.305 e. The van der Waals surface area contributed by atoms with Crippen LogP contribution in [-0.2, 0) is 20.9 Å². The van der Waals surface area contributed by atoms with Crippen molar-refractivity contribution in [2.24, 2.45) is 5.16 Å². The lowest BCUT2D eigenvalue weighted by Crippen LogP contribution is -2.39. The first-order chi connectivity index (χ1) is 15.8. The zero-order chi connectivity index (χ0) is 23.8. The summed E-state index contributed by atoms with van der Waals surface area (Å²) in [5, 5.41) is 15.6. The molecule has 33 heavy (non-hydrogen) atoms. The molecule has 9 heteroatoms. The number of halogens is 3. The van der Waals surface area contributed by atoms with Gasteiger partial charge in [0, 0.05) is 38.0 Å². The molecule has 0 amide bonds. The highest BCUT2D eigenvalue weighted by Gasteiger charge is 2.26. The number of benzene rings is 2. The number of rotatable bonds is 11. The largest absolute Gasteiger partial charge is 0.463 e. The third-order valence-corrected chi connectivity index (χ3v) is 5.87. The van der Waals surface area contributed by atoms with E-state index >= 15 is 0 Å². The SMILES string of the molecule is CCCC(=O)OC[C@H](O)CN(Cc1ccc(F)cc1)C[C@H]1CC(c2ccc(Cl)c(Cl)c2)=NO1. The van der Waals surface area contributed by atoms with E-state index in [2.05, 4.69) is 5.16 Å². The van der Waals surface area contributed by atoms with Crippen molar-refractivity contribution < 1.29 is 23.9 Å². The highest BCUT2D eigenvalue weighted by atomic mass is 35.5. The lowest BCUT2D eigenvalue weighted by atomic mass is 10.0. The Labute approximate surface area is 202 Å². The van der Waals surface area contributed by atoms with Crippen molar-refractivity contribution in [3.05, 3.63) is 69.5 Å². The summed E-state index contributed by atoms with van der Waals surface area (Å²) in [6.45, 7) is 2.97. The van der Waals surface area contributed by atoms with Crippen LogP contribution in [0, 0.1) is 5.82 Å². The number of aliphatic hydroxyl groups excluding tert-OH is 1. The molecule has 2 aromatic rings. The summed E-state index contributed by atoms with van der Waals surface area (Å²) in [6.07, 6.45) is 0.440. The summed E-state index contributed by atoms with van der Waals surface area (Å²) in [5.74, 6) is -0.646. The van der Waals surface area contributed by atoms with Crippen LogP contribution in [0.2, 0.25) is 10.0 Å². The molecule has 0 aliphatic carbocycles. The Morgan fingerprint density at radius 1 is 1.27 bits per heavy atom. The molecule has 0 spiro atoms. The predicted octanol–water partition coefficient (Wildman–Crippen LogP) is 4.83. The van der Waals surface area contributed by atoms with E-state index in [1.54, 1.807) is 24.3 Å². The van der Waals surface area contributed by atoms with E-state index in [0.717, 1.165) is 16.8 Å². The van der Waals surface area contributed by atoms with Gasteiger partial charge in [-0.1, -0.05) is 53.5 Å². The maximum Gasteiger partial charge on any atom is 0.305 e. The third-order valence-electron chi connectivity index (χ3n) is 5.13. The van der Waals surface area contributed by atoms with Gasteiger partial charge in [0.1, 0.15) is 24.6 Å². The molecule has 0 radical (unpaired) electrons. The second kappa shape index (κ2) is 12.3. The molecule has 1 heterocycles. The topological polar surface area (TPSA) is 71.4 Å². The molecule has 0 aromatic heterocycles. The molecule has 178 valence electrons. The summed E-state index contributed by atoms with van der Waals surface area (Å²) in [6, 6.07) is 11.5. The molecular weight excluding hydrogens is 470 g/mol. The minimum absolute atomic E-state index is 0.0880. The molecule has 0 bridgehead atoms. The minimum Gasteiger partial charge on any atom is -0.463 e. The van der Waals surface area contributed by atoms with E-state index in [0.29, 0.717) is 42.4 Å². The second-order valence-corrected chi connectivity index (χ2v) is 8.82. The summed E-state index contributed by atoms with van der Waals surface area (Å²) in [7, 11) is 0. The predicted molar refractivity (Wildman–Crippen MR) is 126 cm³/mol. The Bertz CT molecular complexity index is 971. The normalized spacial score (nSPS) is 16.4. The number of hydrogen-bond acceptors (Lipinski definition) is 6. The third kappa shape index (κ3) is 7.96. The summed E-state index contributed by atoms with van der Waals surface area (Å²) in [5.41, 5.74) is 2.48. The number of carbonyl (C=O) groups is 1. The maximum atomic E-state index is 13.3. The fourth-order valence-corrected chi connectivity index (χ4v) is 3.83. The average Bonchev–Trinajstić information content (AvgIpc) is 3.24. The van der Waals surface area contributed by atoms with Crippen molar-refractivity contribution in [2.45, 2.75) is 44.9 Å². The van der Waals surface area contributed by atoms with Gasteiger partial charge in [-0.15, -0.1) is 0 Å². The van der Waals surface area contributed by atoms with Gasteiger partial charge < -0.3 is 14.7 Å². The molecule has 6 nitrogen and oxygen atoms in total. The van der Waals surface area contributed by atoms with Gasteiger partial charge in [0.15, 0.2) is 0 Å². The van der Waals surface area contributed by atoms with Crippen LogP contribution in [0.3, 0.4) is 0 Å². The summed E-state index contributed by atoms with van der Waals surface area (Å²) in [4.78, 5) is 19.2. The Morgan fingerprint density at radius 2 is 2.03 bits per heavy atom. The first-order valence-electron chi connectivity index (χ1n) is 10.8. The highest BCUT2D eigenvalue weighted by Crippen LogP contribution is 2.26. The first kappa shape index (κ1) is 25.4. The van der Waals surface area contributed by atoms with Crippen molar-refractivity contribution in [2.75, 3.05) is 19.7 Å². The van der Waals surface area contributed by atoms with E-state index in [1.165, 1.54) is 12.1 Å². The number of aliphatic hydroxyl groups is 1. The molecule has 3 rings (SSSR count). The van der Waals surface area contributed by atoms with E-state index < -0.39 is 6.10 Å². The van der Waals surface area contributed by atoms with Crippen molar-refractivity contribution in [1.82, 2.24) is 4.90 Å². The molecule has 0 fully saturated rings. The van der Waals surface area contributed by atoms with Crippen molar-refractivity contribution in [3.63, 3.8) is 0 Å². The molecule has 2 aromatic carbocycles. The fourth-order valence-electron chi connectivity index (χ4n) is 3.53. The van der Waals surface area contributed by atoms with Crippen LogP contribution in [0.1, 0.15) is 37.3 Å². The number of esters is 1. The van der Waals surface area contributed by atoms with Crippen LogP contribution >= 0.6 is 23.2 Å². The molecule has 0 saturated heterocycles. The van der Waals surface area contributed by atoms with E-state index in [-0.39, 0.29) is 31.0 Å². The van der Waals surface area contributed by atoms with Gasteiger partial charge in [-0.25, -0.2) is 4.39 Å². The molecule has 0 saturated carbocycles. The van der Waals surface area contributed by atoms with E-state index in [9.17, 15) is 14.3 Å². The number of hydrogen-bond donors (Lipinski definition) is 1. The van der Waals surface area contributed by atoms with E-state index in [4.69, 9.17) is 32.8 Å². The molecule has 1 aliphatic heterocycles. The van der Waals surface area contributed by atoms with Crippen LogP contribution in [0.25, 0.3) is 0 Å². The summed E-state index contributed by atoms with van der Waals surface area (Å²) >= 11 is 12.1. The monoisotopic (exact) mass is 496 g/mol. The lowest BCUT2D eigenvalue weighted by molar-refractivity contribution is -0.147. The molecular formula is C24H27Cl2FN2O4. The Morgan fingerprint density at radius 3 is 2.73 bits per heavy atom. The van der Waals surface area contributed by atoms with Crippen LogP contribution in [-0.4, -0.2) is 53.6 Å². The van der Waals surface area contributed by atoms with Crippen LogP contribution in [0.5, 0.6) is 0 Å². The Balaban J connectivity index is 1.61. The van der Waals surface area contributed by atoms with Gasteiger partial charge >= 0.3 is 5.97 Å². The quantitative estimate of drug-likeness (QED) is 0.451. The van der Waals surface area contributed by atoms with Gasteiger partial charge in [-0.3, -0.25) is 9.69 Å². The summed E-state index contributed by atoms with van der Waals surface area (Å²) < 4.78 is 18.4. The van der Waals surface area contributed by atoms with Gasteiger partial charge in [-0.2, -0.15) is 0 Å². The molecule has 1 aliphatic rings. The van der Waals surface area contributed by atoms with Gasteiger partial charge in [0.25, 0.3) is 0 Å². The number of ether oxygens (including phenoxy) is 1. The minimum atomic E-state index is -0.872. The number of oxime groups is 1. The second-order valence-electron chi connectivity index (χ2n) is 8.01. The van der Waals surface area contributed by atoms with Crippen LogP contribution in [0.15, 0.2) is 47.6 Å². The van der Waals surface area contributed by atoms with Gasteiger partial charge in [0.05, 0.1) is 15.8 Å². The highest BCUT2D eigenvalue weighted by molar-refractivity contribution is 6.42. The van der Waals surface area contributed by atoms with Gasteiger partial charge in [0.2, 0.25) is 0 Å². The number of nitrogens with zero attached hydrogens (tertiary/aromatic N) is 2. The molecule has 1 N–H and O–H groups in total. The average molecular weight is 497 g/mol. The fraction of sp³-hybridized carbons (Fsp3) is 0.417. The maximum absolute atomic E-state index is 13.3. The van der Waals surface area contributed by atoms with Crippen molar-refractivity contribution in [1.29, 1.82) is 0 Å². The van der Waals surface area contributed by atoms with Crippen LogP contribution in [0.4, 0.5) is 4.39 Å². The zero-order valence-electron chi connectivity index (χ0n) is 18.3. The molecule has 0 unspecified atom stereocenters. The van der Waals surface area contributed by atoms with Crippen molar-refractivity contribution in [3.8, 4) is 0 Å². The van der Waals surface area contributed by atoms with Crippen LogP contribution < -0.4 is 0 Å². The zero-order valence-corrected chi connectivity index (χ0v) is 19.9. The Kier molecular flexibility index (Phi) is 9.50. The van der Waals surface area contributed by atoms with Gasteiger partial charge in [-0.05, 0) is 36.2 Å². The van der Waals surface area contributed by atoms with E-state index in [1.807, 2.05) is 17.9 Å². The Hall–Kier alpha value is -2.19. The standard InChI is InChI=1S/C24H27Cl2FN2O4/c1-2-3-24(31)32-15-19(30)13-29(12-16-4-7-18(27)8-5-16)14-20-11-23(28-33-20)17-6-9-21(25)22(26)10-17/h4-10,19-20,30H,2-3,11-15H2,1H3/t19-,20-/m1/s1. The lowest BCUT2D eigenvalue weighted by Gasteiger charge is -2.27. The van der Waals surface area contributed by atoms with Crippen molar-refractivity contribution >= 4 is 34.9 Å². The molecule has 2 atom stereocenters.